The average molecular weight is 344 g/mol. The molecule has 0 aliphatic rings. The van der Waals surface area contributed by atoms with Crippen LogP contribution in [0.2, 0.25) is 5.02 Å². The van der Waals surface area contributed by atoms with E-state index in [4.69, 9.17) is 17.4 Å². The maximum absolute atomic E-state index is 13.2. The Balaban J connectivity index is 2.28. The van der Waals surface area contributed by atoms with Crippen LogP contribution in [0.25, 0.3) is 0 Å². The zero-order valence-electron chi connectivity index (χ0n) is 10.0. The number of halogens is 3. The molecule has 0 amide bonds. The summed E-state index contributed by atoms with van der Waals surface area (Å²) in [5.41, 5.74) is 4.46. The highest BCUT2D eigenvalue weighted by Crippen LogP contribution is 2.31. The van der Waals surface area contributed by atoms with E-state index in [0.717, 1.165) is 15.6 Å². The molecule has 0 saturated carbocycles. The van der Waals surface area contributed by atoms with Gasteiger partial charge in [-0.1, -0.05) is 35.9 Å². The normalized spacial score (nSPS) is 12.4. The van der Waals surface area contributed by atoms with Gasteiger partial charge < -0.3 is 0 Å². The molecule has 0 spiro atoms. The predicted molar refractivity (Wildman–Crippen MR) is 79.3 cm³/mol. The lowest BCUT2D eigenvalue weighted by Gasteiger charge is -2.18. The van der Waals surface area contributed by atoms with E-state index in [1.54, 1.807) is 6.07 Å². The van der Waals surface area contributed by atoms with Crippen molar-refractivity contribution in [2.24, 2.45) is 5.84 Å². The molecule has 2 aromatic rings. The van der Waals surface area contributed by atoms with Gasteiger partial charge in [-0.05, 0) is 51.7 Å². The number of hydrazine groups is 1. The second kappa shape index (κ2) is 6.48. The molecular weight excluding hydrogens is 331 g/mol. The first-order valence-electron chi connectivity index (χ1n) is 5.76. The number of rotatable bonds is 4. The molecule has 0 bridgehead atoms. The van der Waals surface area contributed by atoms with E-state index in [-0.39, 0.29) is 11.9 Å². The van der Waals surface area contributed by atoms with Crippen molar-refractivity contribution in [1.29, 1.82) is 0 Å². The third kappa shape index (κ3) is 3.54. The molecule has 1 atom stereocenters. The Morgan fingerprint density at radius 2 is 2.00 bits per heavy atom. The zero-order valence-corrected chi connectivity index (χ0v) is 12.4. The van der Waals surface area contributed by atoms with Crippen molar-refractivity contribution in [3.63, 3.8) is 0 Å². The molecule has 0 fully saturated rings. The van der Waals surface area contributed by atoms with E-state index in [1.165, 1.54) is 12.1 Å². The van der Waals surface area contributed by atoms with Gasteiger partial charge in [-0.25, -0.2) is 4.39 Å². The minimum absolute atomic E-state index is 0.174. The third-order valence-electron chi connectivity index (χ3n) is 2.89. The molecule has 0 saturated heterocycles. The minimum Gasteiger partial charge on any atom is -0.271 e. The summed E-state index contributed by atoms with van der Waals surface area (Å²) in [5.74, 6) is 5.34. The molecule has 2 aromatic carbocycles. The molecule has 0 aliphatic carbocycles. The summed E-state index contributed by atoms with van der Waals surface area (Å²) < 4.78 is 14.0. The van der Waals surface area contributed by atoms with Crippen LogP contribution in [-0.4, -0.2) is 0 Å². The maximum atomic E-state index is 13.2. The Kier molecular flexibility index (Phi) is 4.93. The first-order chi connectivity index (χ1) is 9.11. The smallest absolute Gasteiger partial charge is 0.123 e. The molecule has 2 rings (SSSR count). The second-order valence-corrected chi connectivity index (χ2v) is 5.43. The van der Waals surface area contributed by atoms with Gasteiger partial charge in [0, 0.05) is 4.47 Å². The van der Waals surface area contributed by atoms with E-state index in [2.05, 4.69) is 21.4 Å². The lowest BCUT2D eigenvalue weighted by atomic mass is 9.99. The number of benzene rings is 2. The molecule has 0 radical (unpaired) electrons. The van der Waals surface area contributed by atoms with E-state index >= 15 is 0 Å². The first kappa shape index (κ1) is 14.5. The van der Waals surface area contributed by atoms with Crippen LogP contribution in [-0.2, 0) is 6.42 Å². The van der Waals surface area contributed by atoms with Crippen LogP contribution in [0.4, 0.5) is 4.39 Å². The third-order valence-corrected chi connectivity index (χ3v) is 4.20. The largest absolute Gasteiger partial charge is 0.271 e. The van der Waals surface area contributed by atoms with E-state index in [1.807, 2.05) is 24.3 Å². The Hall–Kier alpha value is -0.940. The number of hydrogen-bond acceptors (Lipinski definition) is 2. The van der Waals surface area contributed by atoms with Crippen LogP contribution in [0.1, 0.15) is 17.2 Å². The van der Waals surface area contributed by atoms with Crippen LogP contribution in [0.3, 0.4) is 0 Å². The van der Waals surface area contributed by atoms with Crippen molar-refractivity contribution in [3.05, 3.63) is 68.9 Å². The fourth-order valence-electron chi connectivity index (χ4n) is 1.95. The van der Waals surface area contributed by atoms with Crippen LogP contribution in [0, 0.1) is 5.82 Å². The summed E-state index contributed by atoms with van der Waals surface area (Å²) in [5, 5.41) is 0.613. The molecule has 19 heavy (non-hydrogen) atoms. The fourth-order valence-corrected chi connectivity index (χ4v) is 2.59. The van der Waals surface area contributed by atoms with Gasteiger partial charge in [0.15, 0.2) is 0 Å². The summed E-state index contributed by atoms with van der Waals surface area (Å²) in [4.78, 5) is 0. The highest BCUT2D eigenvalue weighted by atomic mass is 79.9. The Labute approximate surface area is 124 Å². The molecule has 2 nitrogen and oxygen atoms in total. The van der Waals surface area contributed by atoms with Crippen LogP contribution in [0.15, 0.2) is 46.9 Å². The monoisotopic (exact) mass is 342 g/mol. The van der Waals surface area contributed by atoms with E-state index in [9.17, 15) is 4.39 Å². The summed E-state index contributed by atoms with van der Waals surface area (Å²) >= 11 is 9.63. The summed E-state index contributed by atoms with van der Waals surface area (Å²) in [7, 11) is 0. The van der Waals surface area contributed by atoms with Gasteiger partial charge in [-0.3, -0.25) is 11.3 Å². The van der Waals surface area contributed by atoms with Crippen molar-refractivity contribution in [2.75, 3.05) is 0 Å². The lowest BCUT2D eigenvalue weighted by Crippen LogP contribution is -2.29. The topological polar surface area (TPSA) is 38.0 Å². The average Bonchev–Trinajstić information content (AvgIpc) is 2.40. The Morgan fingerprint density at radius 1 is 1.26 bits per heavy atom. The molecule has 0 aliphatic heterocycles. The van der Waals surface area contributed by atoms with Gasteiger partial charge in [-0.15, -0.1) is 0 Å². The fraction of sp³-hybridized carbons (Fsp3) is 0.143. The second-order valence-electron chi connectivity index (χ2n) is 4.20. The number of nitrogens with two attached hydrogens (primary N) is 1. The summed E-state index contributed by atoms with van der Waals surface area (Å²) in [6.45, 7) is 0. The lowest BCUT2D eigenvalue weighted by molar-refractivity contribution is 0.548. The van der Waals surface area contributed by atoms with Crippen molar-refractivity contribution >= 4 is 27.5 Å². The van der Waals surface area contributed by atoms with Crippen molar-refractivity contribution in [1.82, 2.24) is 5.43 Å². The predicted octanol–water partition coefficient (Wildman–Crippen LogP) is 3.99. The summed E-state index contributed by atoms with van der Waals surface area (Å²) in [6, 6.07) is 11.9. The number of hydrogen-bond donors (Lipinski definition) is 2. The molecule has 0 heterocycles. The highest BCUT2D eigenvalue weighted by Gasteiger charge is 2.15. The molecule has 0 aromatic heterocycles. The van der Waals surface area contributed by atoms with Gasteiger partial charge in [0.25, 0.3) is 0 Å². The number of nitrogens with one attached hydrogen (secondary N) is 1. The molecular formula is C14H13BrClFN2. The van der Waals surface area contributed by atoms with Gasteiger partial charge in [-0.2, -0.15) is 0 Å². The van der Waals surface area contributed by atoms with Gasteiger partial charge in [0.05, 0.1) is 11.1 Å². The van der Waals surface area contributed by atoms with Crippen molar-refractivity contribution < 1.29 is 4.39 Å². The molecule has 100 valence electrons. The zero-order chi connectivity index (χ0) is 13.8. The molecule has 5 heteroatoms. The minimum atomic E-state index is -0.256. The summed E-state index contributed by atoms with van der Waals surface area (Å²) in [6.07, 6.45) is 0.560. The standard InChI is InChI=1S/C14H13BrClFN2/c15-12-6-2-5-11(14(12)16)13(19-18)8-9-3-1-4-10(17)7-9/h1-7,13,19H,8,18H2. The molecule has 1 unspecified atom stereocenters. The van der Waals surface area contributed by atoms with Crippen molar-refractivity contribution in [3.8, 4) is 0 Å². The van der Waals surface area contributed by atoms with Crippen LogP contribution in [0.5, 0.6) is 0 Å². The van der Waals surface area contributed by atoms with E-state index < -0.39 is 0 Å². The Bertz CT molecular complexity index is 577. The Morgan fingerprint density at radius 3 is 2.68 bits per heavy atom. The van der Waals surface area contributed by atoms with Crippen molar-refractivity contribution in [2.45, 2.75) is 12.5 Å². The quantitative estimate of drug-likeness (QED) is 0.651. The van der Waals surface area contributed by atoms with Gasteiger partial charge in [0.2, 0.25) is 0 Å². The highest BCUT2D eigenvalue weighted by molar-refractivity contribution is 9.10. The first-order valence-corrected chi connectivity index (χ1v) is 6.93. The molecule has 3 N–H and O–H groups in total. The van der Waals surface area contributed by atoms with Gasteiger partial charge >= 0.3 is 0 Å². The van der Waals surface area contributed by atoms with Gasteiger partial charge in [0.1, 0.15) is 5.82 Å². The van der Waals surface area contributed by atoms with Crippen LogP contribution < -0.4 is 11.3 Å². The van der Waals surface area contributed by atoms with E-state index in [0.29, 0.717) is 11.4 Å². The van der Waals surface area contributed by atoms with Crippen LogP contribution >= 0.6 is 27.5 Å². The maximum Gasteiger partial charge on any atom is 0.123 e. The SMILES string of the molecule is NNC(Cc1cccc(F)c1)c1cccc(Br)c1Cl.